The Labute approximate surface area is 239 Å². The molecule has 1 amide bonds. The van der Waals surface area contributed by atoms with Gasteiger partial charge in [0.2, 0.25) is 10.3 Å². The fraction of sp³-hybridized carbons (Fsp3) is 0.444. The smallest absolute Gasteiger partial charge is 0.326 e. The van der Waals surface area contributed by atoms with Crippen LogP contribution in [0.25, 0.3) is 0 Å². The van der Waals surface area contributed by atoms with Gasteiger partial charge >= 0.3 is 5.97 Å². The lowest BCUT2D eigenvalue weighted by Gasteiger charge is -2.50. The number of likely N-dealkylation sites (tertiary alicyclic amines) is 1. The van der Waals surface area contributed by atoms with Crippen LogP contribution >= 0.6 is 24.0 Å². The molecule has 1 fully saturated rings. The van der Waals surface area contributed by atoms with Gasteiger partial charge in [-0.05, 0) is 67.1 Å². The molecule has 0 bridgehead atoms. The molecule has 0 radical (unpaired) electrons. The van der Waals surface area contributed by atoms with Crippen LogP contribution in [-0.2, 0) is 25.4 Å². The number of nitro groups is 1. The van der Waals surface area contributed by atoms with Gasteiger partial charge in [-0.15, -0.1) is 0 Å². The number of amides is 1. The first-order valence-corrected chi connectivity index (χ1v) is 16.7. The number of hydrogen-bond donors (Lipinski definition) is 0. The van der Waals surface area contributed by atoms with Gasteiger partial charge in [0, 0.05) is 12.1 Å². The number of thioether (sulfide) groups is 1. The van der Waals surface area contributed by atoms with E-state index in [4.69, 9.17) is 26.1 Å². The van der Waals surface area contributed by atoms with Crippen LogP contribution in [0.15, 0.2) is 54.6 Å². The van der Waals surface area contributed by atoms with E-state index < -0.39 is 30.5 Å². The van der Waals surface area contributed by atoms with Crippen molar-refractivity contribution >= 4 is 54.2 Å². The van der Waals surface area contributed by atoms with Gasteiger partial charge in [0.25, 0.3) is 5.69 Å². The van der Waals surface area contributed by atoms with E-state index in [0.717, 1.165) is 0 Å². The summed E-state index contributed by atoms with van der Waals surface area (Å²) in [6.45, 7) is 12.2. The Balaban J connectivity index is 1.69. The third kappa shape index (κ3) is 7.87. The van der Waals surface area contributed by atoms with Crippen molar-refractivity contribution in [3.63, 3.8) is 0 Å². The minimum atomic E-state index is -2.17. The minimum Gasteiger partial charge on any atom is -0.459 e. The Kier molecular flexibility index (Phi) is 9.91. The number of nitro benzene ring substituents is 1. The molecule has 2 aromatic rings. The Morgan fingerprint density at radius 3 is 2.33 bits per heavy atom. The fourth-order valence-corrected chi connectivity index (χ4v) is 6.73. The molecule has 1 heterocycles. The maximum Gasteiger partial charge on any atom is 0.326 e. The van der Waals surface area contributed by atoms with E-state index in [-0.39, 0.29) is 40.3 Å². The van der Waals surface area contributed by atoms with Crippen LogP contribution in [0.1, 0.15) is 33.3 Å². The highest BCUT2D eigenvalue weighted by atomic mass is 32.2. The Bertz CT molecular complexity index is 1200. The molecule has 0 aliphatic carbocycles. The summed E-state index contributed by atoms with van der Waals surface area (Å²) in [6.07, 6.45) is -0.386. The number of thiocarbonyl (C=S) groups is 1. The zero-order valence-corrected chi connectivity index (χ0v) is 25.5. The first-order valence-electron chi connectivity index (χ1n) is 12.5. The van der Waals surface area contributed by atoms with E-state index in [2.05, 4.69) is 33.9 Å². The van der Waals surface area contributed by atoms with Crippen molar-refractivity contribution in [3.8, 4) is 5.75 Å². The number of benzene rings is 2. The van der Waals surface area contributed by atoms with Crippen molar-refractivity contribution in [1.29, 1.82) is 0 Å². The lowest BCUT2D eigenvalue weighted by molar-refractivity contribution is -0.384. The molecule has 3 atom stereocenters. The number of esters is 1. The van der Waals surface area contributed by atoms with Gasteiger partial charge < -0.3 is 18.8 Å². The summed E-state index contributed by atoms with van der Waals surface area (Å²) < 4.78 is 17.9. The lowest BCUT2D eigenvalue weighted by Crippen LogP contribution is -2.65. The Morgan fingerprint density at radius 2 is 1.77 bits per heavy atom. The predicted octanol–water partition coefficient (Wildman–Crippen LogP) is 5.93. The molecule has 0 spiro atoms. The summed E-state index contributed by atoms with van der Waals surface area (Å²) in [5, 5.41) is 10.3. The molecule has 3 rings (SSSR count). The first-order chi connectivity index (χ1) is 18.2. The van der Waals surface area contributed by atoms with E-state index in [0.29, 0.717) is 11.3 Å². The molecule has 0 saturated carbocycles. The summed E-state index contributed by atoms with van der Waals surface area (Å²) >= 11 is 6.68. The predicted molar refractivity (Wildman–Crippen MR) is 157 cm³/mol. The van der Waals surface area contributed by atoms with Gasteiger partial charge in [-0.2, -0.15) is 0 Å². The van der Waals surface area contributed by atoms with Crippen molar-refractivity contribution < 1.29 is 28.4 Å². The van der Waals surface area contributed by atoms with Crippen LogP contribution in [0.2, 0.25) is 18.1 Å². The highest BCUT2D eigenvalue weighted by molar-refractivity contribution is 8.23. The van der Waals surface area contributed by atoms with Gasteiger partial charge in [-0.1, -0.05) is 50.7 Å². The molecule has 0 N–H and O–H groups in total. The van der Waals surface area contributed by atoms with Crippen LogP contribution in [0.3, 0.4) is 0 Å². The third-order valence-corrected chi connectivity index (χ3v) is 13.0. The van der Waals surface area contributed by atoms with Crippen LogP contribution in [0, 0.1) is 16.0 Å². The topological polar surface area (TPSA) is 108 Å². The highest BCUT2D eigenvalue weighted by Crippen LogP contribution is 2.43. The van der Waals surface area contributed by atoms with Gasteiger partial charge in [-0.25, -0.2) is 0 Å². The quantitative estimate of drug-likeness (QED) is 0.0831. The maximum absolute atomic E-state index is 13.3. The normalized spacial score (nSPS) is 18.2. The number of β-lactam (4-membered cyclic amide) rings is 1. The molecule has 1 aliphatic rings. The molecule has 0 aromatic heterocycles. The van der Waals surface area contributed by atoms with E-state index >= 15 is 0 Å². The van der Waals surface area contributed by atoms with Gasteiger partial charge in [0.15, 0.2) is 8.32 Å². The summed E-state index contributed by atoms with van der Waals surface area (Å²) in [5.41, 5.74) is 0.548. The average molecular weight is 591 g/mol. The molecule has 0 unspecified atom stereocenters. The second-order valence-corrected chi connectivity index (χ2v) is 17.3. The molecule has 2 aromatic carbocycles. The number of non-ortho nitro benzene ring substituents is 1. The van der Waals surface area contributed by atoms with Crippen molar-refractivity contribution in [2.24, 2.45) is 5.92 Å². The largest absolute Gasteiger partial charge is 0.459 e. The molecule has 210 valence electrons. The maximum atomic E-state index is 13.3. The number of carbonyl (C=O) groups is 2. The van der Waals surface area contributed by atoms with Crippen molar-refractivity contribution in [2.75, 3.05) is 6.54 Å². The van der Waals surface area contributed by atoms with E-state index in [1.165, 1.54) is 40.9 Å². The summed E-state index contributed by atoms with van der Waals surface area (Å²) in [5.74, 6) is -0.743. The van der Waals surface area contributed by atoms with Gasteiger partial charge in [0.05, 0.1) is 16.9 Å². The lowest BCUT2D eigenvalue weighted by atomic mass is 9.93. The number of ether oxygens (including phenoxy) is 2. The number of rotatable bonds is 10. The SMILES string of the molecule is C[C@@H](O[Si](C)(C)C(C)(C)C)[C@H]1C(=O)N(CC(=O)OCc2ccc([N+](=O)[O-])cc2)[C@@H]1SC(=S)Oc1ccccc1. The standard InChI is InChI=1S/C27H34N2O7S2Si/c1-18(36-39(5,6)27(2,3)4)23-24(31)28(25(23)38-26(37)35-21-10-8-7-9-11-21)16-22(30)34-17-19-12-14-20(15-13-19)29(32)33/h7-15,18,23,25H,16-17H2,1-6H3/t18-,23+,25-/m1/s1. The van der Waals surface area contributed by atoms with Crippen LogP contribution in [-0.4, -0.2) is 52.4 Å². The summed E-state index contributed by atoms with van der Waals surface area (Å²) in [7, 11) is -2.17. The van der Waals surface area contributed by atoms with Crippen LogP contribution < -0.4 is 4.74 Å². The molecule has 1 aliphatic heterocycles. The van der Waals surface area contributed by atoms with Crippen LogP contribution in [0.5, 0.6) is 5.75 Å². The Morgan fingerprint density at radius 1 is 1.15 bits per heavy atom. The second-order valence-electron chi connectivity index (χ2n) is 10.8. The molecule has 1 saturated heterocycles. The molecular formula is C27H34N2O7S2Si. The molecular weight excluding hydrogens is 557 g/mol. The third-order valence-electron chi connectivity index (χ3n) is 6.98. The van der Waals surface area contributed by atoms with Gasteiger partial charge in [0.1, 0.15) is 24.3 Å². The summed E-state index contributed by atoms with van der Waals surface area (Å²) in [6, 6.07) is 14.8. The fourth-order valence-electron chi connectivity index (χ4n) is 3.77. The van der Waals surface area contributed by atoms with E-state index in [1.807, 2.05) is 25.1 Å². The van der Waals surface area contributed by atoms with Crippen LogP contribution in [0.4, 0.5) is 5.69 Å². The number of para-hydroxylation sites is 1. The minimum absolute atomic E-state index is 0.0379. The average Bonchev–Trinajstić information content (AvgIpc) is 2.85. The first kappa shape index (κ1) is 30.7. The second kappa shape index (κ2) is 12.6. The summed E-state index contributed by atoms with van der Waals surface area (Å²) in [4.78, 5) is 37.7. The monoisotopic (exact) mass is 590 g/mol. The number of carbonyl (C=O) groups excluding carboxylic acids is 2. The highest BCUT2D eigenvalue weighted by Gasteiger charge is 2.54. The van der Waals surface area contributed by atoms with Crippen molar-refractivity contribution in [2.45, 2.75) is 63.9 Å². The van der Waals surface area contributed by atoms with E-state index in [9.17, 15) is 19.7 Å². The van der Waals surface area contributed by atoms with Crippen molar-refractivity contribution in [1.82, 2.24) is 4.90 Å². The molecule has 39 heavy (non-hydrogen) atoms. The Hall–Kier alpha value is -2.80. The number of nitrogens with zero attached hydrogens (tertiary/aromatic N) is 2. The zero-order valence-electron chi connectivity index (χ0n) is 22.9. The molecule has 9 nitrogen and oxygen atoms in total. The van der Waals surface area contributed by atoms with E-state index in [1.54, 1.807) is 12.1 Å². The van der Waals surface area contributed by atoms with Gasteiger partial charge in [-0.3, -0.25) is 19.7 Å². The number of hydrogen-bond acceptors (Lipinski definition) is 9. The molecule has 12 heteroatoms. The zero-order chi connectivity index (χ0) is 29.0. The van der Waals surface area contributed by atoms with Crippen molar-refractivity contribution in [3.05, 3.63) is 70.3 Å².